The number of quaternary nitrogens is 1. The molecule has 0 saturated carbocycles. The molecule has 2 bridgehead atoms. The summed E-state index contributed by atoms with van der Waals surface area (Å²) in [4.78, 5) is 14.0. The van der Waals surface area contributed by atoms with Gasteiger partial charge in [-0.05, 0) is 22.9 Å². The van der Waals surface area contributed by atoms with Gasteiger partial charge in [-0.3, -0.25) is 4.79 Å². The van der Waals surface area contributed by atoms with Crippen LogP contribution in [0.15, 0.2) is 35.0 Å². The number of fused-ring (bicyclic) bond motifs is 5. The van der Waals surface area contributed by atoms with E-state index >= 15 is 0 Å². The van der Waals surface area contributed by atoms with Gasteiger partial charge in [0.2, 0.25) is 0 Å². The Bertz CT molecular complexity index is 762. The van der Waals surface area contributed by atoms with Crippen LogP contribution in [0.4, 0.5) is 0 Å². The van der Waals surface area contributed by atoms with Crippen LogP contribution in [0.1, 0.15) is 22.6 Å². The fourth-order valence-electron chi connectivity index (χ4n) is 4.82. The van der Waals surface area contributed by atoms with Crippen molar-refractivity contribution >= 4 is 28.6 Å². The van der Waals surface area contributed by atoms with E-state index in [4.69, 9.17) is 9.47 Å². The van der Waals surface area contributed by atoms with Gasteiger partial charge in [-0.15, -0.1) is 22.7 Å². The predicted octanol–water partition coefficient (Wildman–Crippen LogP) is 1.71. The molecular formula is C19H21NO4S2. The summed E-state index contributed by atoms with van der Waals surface area (Å²) in [5, 5.41) is 17.4. The molecule has 0 aromatic carbocycles. The molecule has 0 radical (unpaired) electrons. The molecule has 3 aliphatic heterocycles. The van der Waals surface area contributed by atoms with Crippen molar-refractivity contribution in [1.82, 2.24) is 0 Å². The van der Waals surface area contributed by atoms with E-state index in [1.807, 2.05) is 10.8 Å². The molecule has 3 aliphatic rings. The summed E-state index contributed by atoms with van der Waals surface area (Å²) in [6, 6.07) is 7.76. The fourth-order valence-corrected chi connectivity index (χ4v) is 6.52. The smallest absolute Gasteiger partial charge is 0.306 e. The van der Waals surface area contributed by atoms with E-state index in [0.717, 1.165) is 17.3 Å². The number of morpholine rings is 1. The van der Waals surface area contributed by atoms with E-state index < -0.39 is 11.6 Å². The van der Waals surface area contributed by atoms with E-state index in [1.54, 1.807) is 24.3 Å². The number of nitrogens with zero attached hydrogens (tertiary/aromatic N) is 1. The minimum absolute atomic E-state index is 0.201. The van der Waals surface area contributed by atoms with E-state index in [9.17, 15) is 9.90 Å². The predicted molar refractivity (Wildman–Crippen MR) is 96.9 cm³/mol. The van der Waals surface area contributed by atoms with Crippen molar-refractivity contribution in [2.24, 2.45) is 0 Å². The number of ether oxygens (including phenoxy) is 2. The number of rotatable bonds is 4. The Hall–Kier alpha value is -1.25. The van der Waals surface area contributed by atoms with Crippen molar-refractivity contribution < 1.29 is 23.9 Å². The maximum absolute atomic E-state index is 13.7. The number of likely N-dealkylation sites (N-methyl/N-ethyl adjacent to an activating group) is 1. The lowest BCUT2D eigenvalue weighted by atomic mass is 9.95. The second-order valence-corrected chi connectivity index (χ2v) is 9.86. The number of thiophene rings is 2. The van der Waals surface area contributed by atoms with E-state index in [1.165, 1.54) is 22.7 Å². The van der Waals surface area contributed by atoms with Gasteiger partial charge in [0.05, 0.1) is 19.7 Å². The Labute approximate surface area is 160 Å². The molecule has 3 saturated heterocycles. The third-order valence-corrected chi connectivity index (χ3v) is 8.28. The number of hydrogen-bond donors (Lipinski definition) is 0. The van der Waals surface area contributed by atoms with Crippen LogP contribution in [0.2, 0.25) is 0 Å². The zero-order valence-corrected chi connectivity index (χ0v) is 16.3. The zero-order valence-electron chi connectivity index (χ0n) is 14.7. The molecule has 2 aromatic rings. The summed E-state index contributed by atoms with van der Waals surface area (Å²) in [6.07, 6.45) is 1.92. The summed E-state index contributed by atoms with van der Waals surface area (Å²) in [5.41, 5.74) is -1.97. The lowest BCUT2D eigenvalue weighted by Crippen LogP contribution is -2.60. The summed E-state index contributed by atoms with van der Waals surface area (Å²) < 4.78 is 12.6. The number of hydrogen-bond acceptors (Lipinski definition) is 6. The minimum atomic E-state index is -1.97. The lowest BCUT2D eigenvalue weighted by molar-refractivity contribution is -0.938. The lowest BCUT2D eigenvalue weighted by Gasteiger charge is -2.46. The summed E-state index contributed by atoms with van der Waals surface area (Å²) in [5.74, 6) is -0.673. The van der Waals surface area contributed by atoms with Gasteiger partial charge in [-0.1, -0.05) is 12.1 Å². The first kappa shape index (κ1) is 16.9. The maximum Gasteiger partial charge on any atom is 0.306 e. The maximum atomic E-state index is 13.7. The number of carbonyl (C=O) groups is 1. The van der Waals surface area contributed by atoms with Gasteiger partial charge in [0.1, 0.15) is 30.4 Å². The summed E-state index contributed by atoms with van der Waals surface area (Å²) in [7, 11) is 4.47. The molecule has 5 heterocycles. The average Bonchev–Trinajstić information content (AvgIpc) is 2.98. The topological polar surface area (TPSA) is 61.9 Å². The van der Waals surface area contributed by atoms with Crippen molar-refractivity contribution in [3.63, 3.8) is 0 Å². The largest absolute Gasteiger partial charge is 0.833 e. The summed E-state index contributed by atoms with van der Waals surface area (Å²) >= 11 is 2.62. The van der Waals surface area contributed by atoms with Crippen LogP contribution >= 0.6 is 22.7 Å². The van der Waals surface area contributed by atoms with Crippen LogP contribution in [0, 0.1) is 0 Å². The highest BCUT2D eigenvalue weighted by Gasteiger charge is 2.70. The monoisotopic (exact) mass is 391 g/mol. The van der Waals surface area contributed by atoms with Crippen molar-refractivity contribution in [3.05, 3.63) is 44.8 Å². The molecular weight excluding hydrogens is 370 g/mol. The van der Waals surface area contributed by atoms with E-state index in [2.05, 4.69) is 14.1 Å². The van der Waals surface area contributed by atoms with Crippen molar-refractivity contribution in [3.8, 4) is 0 Å². The van der Waals surface area contributed by atoms with E-state index in [0.29, 0.717) is 34.0 Å². The third-order valence-electron chi connectivity index (χ3n) is 6.34. The molecule has 3 fully saturated rings. The van der Waals surface area contributed by atoms with Crippen molar-refractivity contribution in [2.45, 2.75) is 48.8 Å². The molecule has 5 nitrogen and oxygen atoms in total. The third kappa shape index (κ3) is 2.28. The summed E-state index contributed by atoms with van der Waals surface area (Å²) in [6.45, 7) is 0. The normalized spacial score (nSPS) is 34.3. The number of esters is 1. The number of epoxide rings is 1. The molecule has 0 N–H and O–H groups in total. The molecule has 0 spiro atoms. The Morgan fingerprint density at radius 2 is 1.69 bits per heavy atom. The Kier molecular flexibility index (Phi) is 3.65. The van der Waals surface area contributed by atoms with Gasteiger partial charge in [0.25, 0.3) is 0 Å². The number of carbonyl (C=O) groups excluding carboxylic acids is 1. The van der Waals surface area contributed by atoms with Crippen LogP contribution in [-0.2, 0) is 19.9 Å². The van der Waals surface area contributed by atoms with Gasteiger partial charge in [-0.25, -0.2) is 0 Å². The number of piperidine rings is 1. The second kappa shape index (κ2) is 5.62. The molecule has 7 heteroatoms. The van der Waals surface area contributed by atoms with Gasteiger partial charge in [-0.2, -0.15) is 0 Å². The quantitative estimate of drug-likeness (QED) is 0.452. The standard InChI is InChI=1S/C19H21NO4S2/c1-20(2)12-9-11(10-13(20)17-16(12)24-17)23-18(21)19(22,14-5-3-7-25-14)15-6-4-8-26-15/h3-8,11-13,16-17H,9-10H2,1-2H3/t11?,12-,13+,16-,17+. The van der Waals surface area contributed by atoms with Crippen LogP contribution < -0.4 is 5.11 Å². The first-order chi connectivity index (χ1) is 12.4. The average molecular weight is 392 g/mol. The van der Waals surface area contributed by atoms with Crippen LogP contribution in [0.25, 0.3) is 0 Å². The SMILES string of the molecule is C[N+]1(C)[C@@H]2CC(OC(=O)C([O-])(c3cccs3)c3cccs3)C[C@H]1[C@@H]1O[C@@H]12. The van der Waals surface area contributed by atoms with Crippen molar-refractivity contribution in [2.75, 3.05) is 14.1 Å². The van der Waals surface area contributed by atoms with Crippen molar-refractivity contribution in [1.29, 1.82) is 0 Å². The van der Waals surface area contributed by atoms with Gasteiger partial charge < -0.3 is 19.1 Å². The highest BCUT2D eigenvalue weighted by molar-refractivity contribution is 7.12. The van der Waals surface area contributed by atoms with Crippen LogP contribution in [0.5, 0.6) is 0 Å². The highest BCUT2D eigenvalue weighted by Crippen LogP contribution is 2.52. The van der Waals surface area contributed by atoms with Crippen LogP contribution in [-0.4, -0.2) is 54.9 Å². The first-order valence-electron chi connectivity index (χ1n) is 8.90. The molecule has 26 heavy (non-hydrogen) atoms. The fraction of sp³-hybridized carbons (Fsp3) is 0.526. The highest BCUT2D eigenvalue weighted by atomic mass is 32.1. The molecule has 5 atom stereocenters. The molecule has 138 valence electrons. The molecule has 1 unspecified atom stereocenters. The molecule has 5 rings (SSSR count). The second-order valence-electron chi connectivity index (χ2n) is 7.96. The zero-order chi connectivity index (χ0) is 18.1. The van der Waals surface area contributed by atoms with Gasteiger partial charge >= 0.3 is 5.97 Å². The first-order valence-corrected chi connectivity index (χ1v) is 10.7. The Balaban J connectivity index is 1.40. The Morgan fingerprint density at radius 1 is 1.15 bits per heavy atom. The molecule has 0 aliphatic carbocycles. The minimum Gasteiger partial charge on any atom is -0.833 e. The van der Waals surface area contributed by atoms with E-state index in [-0.39, 0.29) is 6.10 Å². The molecule has 2 aromatic heterocycles. The van der Waals surface area contributed by atoms with Gasteiger partial charge in [0.15, 0.2) is 0 Å². The molecule has 0 amide bonds. The Morgan fingerprint density at radius 3 is 2.15 bits per heavy atom. The van der Waals surface area contributed by atoms with Gasteiger partial charge in [0, 0.05) is 22.6 Å². The van der Waals surface area contributed by atoms with Crippen LogP contribution in [0.3, 0.4) is 0 Å².